The molecule has 0 fully saturated rings. The lowest BCUT2D eigenvalue weighted by molar-refractivity contribution is 0.102. The van der Waals surface area contributed by atoms with Gasteiger partial charge in [0.2, 0.25) is 0 Å². The number of hydrogen-bond acceptors (Lipinski definition) is 4. The number of rotatable bonds is 4. The van der Waals surface area contributed by atoms with E-state index in [1.807, 2.05) is 38.1 Å². The van der Waals surface area contributed by atoms with Crippen LogP contribution < -0.4 is 10.1 Å². The van der Waals surface area contributed by atoms with Gasteiger partial charge in [-0.25, -0.2) is 4.98 Å². The fourth-order valence-corrected chi connectivity index (χ4v) is 2.12. The maximum Gasteiger partial charge on any atom is 0.255 e. The summed E-state index contributed by atoms with van der Waals surface area (Å²) in [6, 6.07) is 12.5. The summed E-state index contributed by atoms with van der Waals surface area (Å²) < 4.78 is 10.9. The number of oxazole rings is 1. The molecule has 1 N–H and O–H groups in total. The molecule has 0 aliphatic carbocycles. The Bertz CT molecular complexity index is 808. The Labute approximate surface area is 127 Å². The van der Waals surface area contributed by atoms with E-state index in [4.69, 9.17) is 9.15 Å². The van der Waals surface area contributed by atoms with Crippen molar-refractivity contribution in [3.8, 4) is 5.75 Å². The summed E-state index contributed by atoms with van der Waals surface area (Å²) in [5.41, 5.74) is 2.45. The van der Waals surface area contributed by atoms with Crippen LogP contribution in [0.4, 0.5) is 5.69 Å². The highest BCUT2D eigenvalue weighted by molar-refractivity contribution is 6.06. The minimum absolute atomic E-state index is 0.0311. The molecular weight excluding hydrogens is 280 g/mol. The van der Waals surface area contributed by atoms with E-state index in [1.165, 1.54) is 6.39 Å². The summed E-state index contributed by atoms with van der Waals surface area (Å²) in [5, 5.41) is 2.86. The number of carbonyl (C=O) groups is 1. The van der Waals surface area contributed by atoms with Crippen LogP contribution in [0.25, 0.3) is 11.1 Å². The second-order valence-electron chi connectivity index (χ2n) is 5.15. The van der Waals surface area contributed by atoms with Gasteiger partial charge in [0, 0.05) is 5.56 Å². The minimum Gasteiger partial charge on any atom is -0.489 e. The fourth-order valence-electron chi connectivity index (χ4n) is 2.12. The number of para-hydroxylation sites is 2. The van der Waals surface area contributed by atoms with E-state index in [0.29, 0.717) is 22.6 Å². The van der Waals surface area contributed by atoms with Crippen molar-refractivity contribution in [2.75, 3.05) is 5.32 Å². The first-order chi connectivity index (χ1) is 10.6. The zero-order valence-corrected chi connectivity index (χ0v) is 12.4. The molecule has 1 heterocycles. The first-order valence-electron chi connectivity index (χ1n) is 7.04. The van der Waals surface area contributed by atoms with Crippen molar-refractivity contribution in [2.24, 2.45) is 0 Å². The van der Waals surface area contributed by atoms with E-state index >= 15 is 0 Å². The smallest absolute Gasteiger partial charge is 0.255 e. The highest BCUT2D eigenvalue weighted by Gasteiger charge is 2.12. The molecule has 22 heavy (non-hydrogen) atoms. The van der Waals surface area contributed by atoms with Crippen LogP contribution >= 0.6 is 0 Å². The van der Waals surface area contributed by atoms with E-state index in [2.05, 4.69) is 10.3 Å². The van der Waals surface area contributed by atoms with Gasteiger partial charge in [0.05, 0.1) is 11.8 Å². The SMILES string of the molecule is CC(C)Oc1ccccc1NC(=O)c1ccc2ncoc2c1. The van der Waals surface area contributed by atoms with Gasteiger partial charge in [-0.15, -0.1) is 0 Å². The summed E-state index contributed by atoms with van der Waals surface area (Å²) in [7, 11) is 0. The molecule has 0 atom stereocenters. The zero-order valence-electron chi connectivity index (χ0n) is 12.4. The molecule has 2 aromatic carbocycles. The lowest BCUT2D eigenvalue weighted by atomic mass is 10.2. The summed E-state index contributed by atoms with van der Waals surface area (Å²) in [6.07, 6.45) is 1.39. The fraction of sp³-hybridized carbons (Fsp3) is 0.176. The Morgan fingerprint density at radius 2 is 2.05 bits per heavy atom. The van der Waals surface area contributed by atoms with Gasteiger partial charge in [0.15, 0.2) is 12.0 Å². The van der Waals surface area contributed by atoms with Crippen LogP contribution in [0.5, 0.6) is 5.75 Å². The number of hydrogen-bond donors (Lipinski definition) is 1. The molecule has 0 bridgehead atoms. The molecule has 3 aromatic rings. The van der Waals surface area contributed by atoms with E-state index in [-0.39, 0.29) is 12.0 Å². The number of nitrogens with zero attached hydrogens (tertiary/aromatic N) is 1. The first kappa shape index (κ1) is 14.1. The van der Waals surface area contributed by atoms with Gasteiger partial charge in [-0.1, -0.05) is 12.1 Å². The third-order valence-electron chi connectivity index (χ3n) is 3.09. The van der Waals surface area contributed by atoms with Crippen molar-refractivity contribution in [1.82, 2.24) is 4.98 Å². The topological polar surface area (TPSA) is 64.4 Å². The quantitative estimate of drug-likeness (QED) is 0.793. The molecular formula is C17H16N2O3. The monoisotopic (exact) mass is 296 g/mol. The number of anilines is 1. The van der Waals surface area contributed by atoms with E-state index in [0.717, 1.165) is 5.52 Å². The van der Waals surface area contributed by atoms with Crippen LogP contribution in [0.2, 0.25) is 0 Å². The lowest BCUT2D eigenvalue weighted by Crippen LogP contribution is -2.14. The molecule has 1 amide bonds. The Balaban J connectivity index is 1.84. The molecule has 0 aliphatic rings. The number of benzene rings is 2. The van der Waals surface area contributed by atoms with Gasteiger partial charge in [-0.3, -0.25) is 4.79 Å². The van der Waals surface area contributed by atoms with Crippen LogP contribution in [-0.2, 0) is 0 Å². The van der Waals surface area contributed by atoms with Gasteiger partial charge in [0.25, 0.3) is 5.91 Å². The molecule has 112 valence electrons. The Morgan fingerprint density at radius 3 is 2.86 bits per heavy atom. The van der Waals surface area contributed by atoms with E-state index < -0.39 is 0 Å². The second-order valence-corrected chi connectivity index (χ2v) is 5.15. The summed E-state index contributed by atoms with van der Waals surface area (Å²) in [5.74, 6) is 0.421. The molecule has 5 nitrogen and oxygen atoms in total. The number of ether oxygens (including phenoxy) is 1. The van der Waals surface area contributed by atoms with Crippen LogP contribution in [0, 0.1) is 0 Å². The maximum absolute atomic E-state index is 12.4. The summed E-state index contributed by atoms with van der Waals surface area (Å²) in [4.78, 5) is 16.4. The third kappa shape index (κ3) is 2.93. The molecule has 0 aliphatic heterocycles. The van der Waals surface area contributed by atoms with E-state index in [1.54, 1.807) is 18.2 Å². The predicted octanol–water partition coefficient (Wildman–Crippen LogP) is 3.87. The molecule has 0 saturated heterocycles. The molecule has 1 aromatic heterocycles. The Morgan fingerprint density at radius 1 is 1.23 bits per heavy atom. The van der Waals surface area contributed by atoms with Crippen LogP contribution in [0.3, 0.4) is 0 Å². The Hall–Kier alpha value is -2.82. The molecule has 0 spiro atoms. The van der Waals surface area contributed by atoms with Crippen molar-refractivity contribution in [3.63, 3.8) is 0 Å². The average Bonchev–Trinajstić information content (AvgIpc) is 2.96. The molecule has 3 rings (SSSR count). The highest BCUT2D eigenvalue weighted by Crippen LogP contribution is 2.25. The number of amides is 1. The van der Waals surface area contributed by atoms with Crippen LogP contribution in [-0.4, -0.2) is 17.0 Å². The van der Waals surface area contributed by atoms with E-state index in [9.17, 15) is 4.79 Å². The second kappa shape index (κ2) is 5.89. The number of carbonyl (C=O) groups excluding carboxylic acids is 1. The van der Waals surface area contributed by atoms with Crippen molar-refractivity contribution in [3.05, 3.63) is 54.4 Å². The standard InChI is InChI=1S/C17H16N2O3/c1-11(2)22-15-6-4-3-5-14(15)19-17(20)12-7-8-13-16(9-12)21-10-18-13/h3-11H,1-2H3,(H,19,20). The molecule has 0 radical (unpaired) electrons. The minimum atomic E-state index is -0.224. The number of nitrogens with one attached hydrogen (secondary N) is 1. The van der Waals surface area contributed by atoms with Crippen molar-refractivity contribution >= 4 is 22.7 Å². The van der Waals surface area contributed by atoms with Crippen molar-refractivity contribution in [1.29, 1.82) is 0 Å². The average molecular weight is 296 g/mol. The molecule has 0 unspecified atom stereocenters. The highest BCUT2D eigenvalue weighted by atomic mass is 16.5. The van der Waals surface area contributed by atoms with Gasteiger partial charge >= 0.3 is 0 Å². The summed E-state index contributed by atoms with van der Waals surface area (Å²) >= 11 is 0. The van der Waals surface area contributed by atoms with Crippen LogP contribution in [0.1, 0.15) is 24.2 Å². The Kier molecular flexibility index (Phi) is 3.78. The van der Waals surface area contributed by atoms with Gasteiger partial charge in [-0.2, -0.15) is 0 Å². The molecule has 5 heteroatoms. The number of fused-ring (bicyclic) bond motifs is 1. The predicted molar refractivity (Wildman–Crippen MR) is 84.2 cm³/mol. The zero-order chi connectivity index (χ0) is 15.5. The van der Waals surface area contributed by atoms with Gasteiger partial charge < -0.3 is 14.5 Å². The summed E-state index contributed by atoms with van der Waals surface area (Å²) in [6.45, 7) is 3.88. The molecule has 0 saturated carbocycles. The maximum atomic E-state index is 12.4. The largest absolute Gasteiger partial charge is 0.489 e. The van der Waals surface area contributed by atoms with Gasteiger partial charge in [-0.05, 0) is 44.2 Å². The van der Waals surface area contributed by atoms with Crippen LogP contribution in [0.15, 0.2) is 53.3 Å². The first-order valence-corrected chi connectivity index (χ1v) is 7.04. The van der Waals surface area contributed by atoms with Crippen molar-refractivity contribution < 1.29 is 13.9 Å². The number of aromatic nitrogens is 1. The third-order valence-corrected chi connectivity index (χ3v) is 3.09. The lowest BCUT2D eigenvalue weighted by Gasteiger charge is -2.14. The van der Waals surface area contributed by atoms with Gasteiger partial charge in [0.1, 0.15) is 11.3 Å². The van der Waals surface area contributed by atoms with Crippen molar-refractivity contribution in [2.45, 2.75) is 20.0 Å². The normalized spacial score (nSPS) is 10.9.